The van der Waals surface area contributed by atoms with E-state index in [-0.39, 0.29) is 4.90 Å². The number of nitrogens with one attached hydrogen (secondary N) is 1. The van der Waals surface area contributed by atoms with E-state index in [4.69, 9.17) is 4.74 Å². The zero-order valence-corrected chi connectivity index (χ0v) is 16.2. The monoisotopic (exact) mass is 392 g/mol. The van der Waals surface area contributed by atoms with Crippen molar-refractivity contribution >= 4 is 37.4 Å². The predicted octanol–water partition coefficient (Wildman–Crippen LogP) is 4.98. The van der Waals surface area contributed by atoms with E-state index in [1.54, 1.807) is 24.3 Å². The Morgan fingerprint density at radius 2 is 1.71 bits per heavy atom. The molecular weight excluding hydrogens is 372 g/mol. The second kappa shape index (κ2) is 7.48. The molecule has 4 rings (SSSR count). The van der Waals surface area contributed by atoms with Crippen molar-refractivity contribution < 1.29 is 13.2 Å². The molecule has 0 spiro atoms. The van der Waals surface area contributed by atoms with Gasteiger partial charge >= 0.3 is 0 Å². The van der Waals surface area contributed by atoms with Crippen molar-refractivity contribution in [2.24, 2.45) is 0 Å². The molecule has 0 bridgehead atoms. The molecule has 5 nitrogen and oxygen atoms in total. The normalized spacial score (nSPS) is 11.6. The van der Waals surface area contributed by atoms with Crippen molar-refractivity contribution in [3.8, 4) is 5.75 Å². The molecular formula is C22H20N2O3S. The summed E-state index contributed by atoms with van der Waals surface area (Å²) in [5, 5.41) is 2.27. The lowest BCUT2D eigenvalue weighted by Crippen LogP contribution is -2.13. The molecule has 1 aromatic heterocycles. The molecule has 1 N–H and O–H groups in total. The molecule has 0 unspecified atom stereocenters. The first-order chi connectivity index (χ1) is 13.6. The molecule has 0 aliphatic rings. The van der Waals surface area contributed by atoms with Crippen molar-refractivity contribution in [1.82, 2.24) is 4.98 Å². The summed E-state index contributed by atoms with van der Waals surface area (Å²) >= 11 is 0. The molecule has 0 saturated heterocycles. The summed E-state index contributed by atoms with van der Waals surface area (Å²) in [5.41, 5.74) is 1.24. The van der Waals surface area contributed by atoms with Crippen LogP contribution in [0.4, 0.5) is 5.69 Å². The number of aromatic nitrogens is 1. The van der Waals surface area contributed by atoms with Gasteiger partial charge in [0.25, 0.3) is 10.0 Å². The Balaban J connectivity index is 1.75. The molecule has 1 heterocycles. The number of nitrogens with zero attached hydrogens (tertiary/aromatic N) is 1. The van der Waals surface area contributed by atoms with Crippen LogP contribution in [0.25, 0.3) is 21.7 Å². The van der Waals surface area contributed by atoms with Gasteiger partial charge in [-0.05, 0) is 30.7 Å². The number of hydrogen-bond donors (Lipinski definition) is 1. The third-order valence-electron chi connectivity index (χ3n) is 4.44. The van der Waals surface area contributed by atoms with Crippen LogP contribution in [-0.4, -0.2) is 20.0 Å². The average molecular weight is 392 g/mol. The molecule has 0 aliphatic carbocycles. The Morgan fingerprint density at radius 1 is 0.964 bits per heavy atom. The van der Waals surface area contributed by atoms with Gasteiger partial charge in [0.2, 0.25) is 0 Å². The standard InChI is InChI=1S/C22H20N2O3S/c1-2-13-27-21-11-12-22(19-9-5-4-8-18(19)21)28(25,26)24-17-14-16-7-3-6-10-20(16)23-15-17/h3-12,14-15,24H,2,13H2,1H3. The number of pyridine rings is 1. The quantitative estimate of drug-likeness (QED) is 0.503. The maximum atomic E-state index is 13.1. The molecule has 0 fully saturated rings. The van der Waals surface area contributed by atoms with Crippen molar-refractivity contribution in [3.05, 3.63) is 72.9 Å². The molecule has 3 aromatic carbocycles. The van der Waals surface area contributed by atoms with Gasteiger partial charge in [0.15, 0.2) is 0 Å². The largest absolute Gasteiger partial charge is 0.493 e. The Labute approximate surface area is 164 Å². The van der Waals surface area contributed by atoms with Crippen molar-refractivity contribution in [1.29, 1.82) is 0 Å². The molecule has 28 heavy (non-hydrogen) atoms. The van der Waals surface area contributed by atoms with Crippen LogP contribution in [0.3, 0.4) is 0 Å². The predicted molar refractivity (Wildman–Crippen MR) is 112 cm³/mol. The van der Waals surface area contributed by atoms with Crippen LogP contribution in [0.2, 0.25) is 0 Å². The molecule has 0 aliphatic heterocycles. The number of fused-ring (bicyclic) bond motifs is 2. The number of rotatable bonds is 6. The number of benzene rings is 3. The molecule has 0 saturated carbocycles. The van der Waals surface area contributed by atoms with Gasteiger partial charge < -0.3 is 4.74 Å². The first kappa shape index (κ1) is 18.3. The fraction of sp³-hybridized carbons (Fsp3) is 0.136. The SMILES string of the molecule is CCCOc1ccc(S(=O)(=O)Nc2cnc3ccccc3c2)c2ccccc12. The number of anilines is 1. The molecule has 0 atom stereocenters. The van der Waals surface area contributed by atoms with E-state index >= 15 is 0 Å². The summed E-state index contributed by atoms with van der Waals surface area (Å²) in [6.07, 6.45) is 2.41. The Morgan fingerprint density at radius 3 is 2.54 bits per heavy atom. The van der Waals surface area contributed by atoms with Gasteiger partial charge in [0.1, 0.15) is 5.75 Å². The van der Waals surface area contributed by atoms with Gasteiger partial charge in [-0.2, -0.15) is 0 Å². The third kappa shape index (κ3) is 3.51. The minimum absolute atomic E-state index is 0.208. The van der Waals surface area contributed by atoms with Crippen LogP contribution >= 0.6 is 0 Å². The Kier molecular flexibility index (Phi) is 4.88. The van der Waals surface area contributed by atoms with Crippen LogP contribution in [0.15, 0.2) is 77.8 Å². The van der Waals surface area contributed by atoms with Crippen molar-refractivity contribution in [3.63, 3.8) is 0 Å². The van der Waals surface area contributed by atoms with Crippen molar-refractivity contribution in [2.75, 3.05) is 11.3 Å². The van der Waals surface area contributed by atoms with Crippen LogP contribution < -0.4 is 9.46 Å². The highest BCUT2D eigenvalue weighted by Crippen LogP contribution is 2.32. The molecule has 4 aromatic rings. The topological polar surface area (TPSA) is 68.3 Å². The van der Waals surface area contributed by atoms with Crippen LogP contribution in [0.5, 0.6) is 5.75 Å². The molecule has 6 heteroatoms. The first-order valence-corrected chi connectivity index (χ1v) is 10.6. The summed E-state index contributed by atoms with van der Waals surface area (Å²) in [6, 6.07) is 20.0. The molecule has 0 radical (unpaired) electrons. The highest BCUT2D eigenvalue weighted by Gasteiger charge is 2.19. The Bertz CT molecular complexity index is 1250. The molecule has 0 amide bonds. The van der Waals surface area contributed by atoms with Gasteiger partial charge in [0, 0.05) is 16.2 Å². The minimum Gasteiger partial charge on any atom is -0.493 e. The number of sulfonamides is 1. The maximum absolute atomic E-state index is 13.1. The number of hydrogen-bond acceptors (Lipinski definition) is 4. The summed E-state index contributed by atoms with van der Waals surface area (Å²) in [5.74, 6) is 0.684. The summed E-state index contributed by atoms with van der Waals surface area (Å²) in [7, 11) is -3.79. The van der Waals surface area contributed by atoms with Crippen LogP contribution in [-0.2, 0) is 10.0 Å². The summed E-state index contributed by atoms with van der Waals surface area (Å²) in [6.45, 7) is 2.61. The zero-order valence-electron chi connectivity index (χ0n) is 15.4. The lowest BCUT2D eigenvalue weighted by molar-refractivity contribution is 0.321. The van der Waals surface area contributed by atoms with Gasteiger partial charge in [-0.3, -0.25) is 9.71 Å². The fourth-order valence-electron chi connectivity index (χ4n) is 3.15. The minimum atomic E-state index is -3.79. The lowest BCUT2D eigenvalue weighted by Gasteiger charge is -2.14. The van der Waals surface area contributed by atoms with Gasteiger partial charge in [-0.1, -0.05) is 49.4 Å². The summed E-state index contributed by atoms with van der Waals surface area (Å²) in [4.78, 5) is 4.53. The second-order valence-electron chi connectivity index (χ2n) is 6.48. The highest BCUT2D eigenvalue weighted by atomic mass is 32.2. The van der Waals surface area contributed by atoms with Gasteiger partial charge in [-0.15, -0.1) is 0 Å². The van der Waals surface area contributed by atoms with E-state index in [1.165, 1.54) is 6.20 Å². The van der Waals surface area contributed by atoms with E-state index < -0.39 is 10.0 Å². The van der Waals surface area contributed by atoms with E-state index in [2.05, 4.69) is 9.71 Å². The maximum Gasteiger partial charge on any atom is 0.262 e. The summed E-state index contributed by atoms with van der Waals surface area (Å²) < 4.78 is 34.6. The van der Waals surface area contributed by atoms with Gasteiger partial charge in [0.05, 0.1) is 28.9 Å². The van der Waals surface area contributed by atoms with E-state index in [0.29, 0.717) is 23.4 Å². The zero-order chi connectivity index (χ0) is 19.6. The smallest absolute Gasteiger partial charge is 0.262 e. The van der Waals surface area contributed by atoms with Crippen molar-refractivity contribution in [2.45, 2.75) is 18.2 Å². The lowest BCUT2D eigenvalue weighted by atomic mass is 10.1. The number of para-hydroxylation sites is 1. The average Bonchev–Trinajstić information content (AvgIpc) is 2.71. The van der Waals surface area contributed by atoms with E-state index in [9.17, 15) is 8.42 Å². The second-order valence-corrected chi connectivity index (χ2v) is 8.13. The first-order valence-electron chi connectivity index (χ1n) is 9.10. The number of ether oxygens (including phenoxy) is 1. The highest BCUT2D eigenvalue weighted by molar-refractivity contribution is 7.93. The van der Waals surface area contributed by atoms with Crippen LogP contribution in [0.1, 0.15) is 13.3 Å². The third-order valence-corrected chi connectivity index (χ3v) is 5.88. The van der Waals surface area contributed by atoms with Crippen LogP contribution in [0, 0.1) is 0 Å². The fourth-order valence-corrected chi connectivity index (χ4v) is 4.40. The molecule has 142 valence electrons. The van der Waals surface area contributed by atoms with Gasteiger partial charge in [-0.25, -0.2) is 8.42 Å². The Hall–Kier alpha value is -3.12. The van der Waals surface area contributed by atoms with E-state index in [0.717, 1.165) is 22.7 Å². The van der Waals surface area contributed by atoms with E-state index in [1.807, 2.05) is 49.4 Å².